The van der Waals surface area contributed by atoms with Gasteiger partial charge in [0, 0.05) is 11.5 Å². The summed E-state index contributed by atoms with van der Waals surface area (Å²) in [5, 5.41) is 0. The van der Waals surface area contributed by atoms with E-state index in [1.165, 1.54) is 0 Å². The van der Waals surface area contributed by atoms with E-state index in [4.69, 9.17) is 23.5 Å². The van der Waals surface area contributed by atoms with Gasteiger partial charge in [-0.05, 0) is 39.3 Å². The monoisotopic (exact) mass is 370 g/mol. The van der Waals surface area contributed by atoms with Crippen molar-refractivity contribution in [3.8, 4) is 17.2 Å². The zero-order chi connectivity index (χ0) is 19.7. The Morgan fingerprint density at radius 2 is 1.41 bits per heavy atom. The molecule has 3 rings (SSSR count). The van der Waals surface area contributed by atoms with E-state index in [1.54, 1.807) is 14.2 Å². The van der Waals surface area contributed by atoms with Crippen LogP contribution in [0.4, 0.5) is 0 Å². The molecule has 2 aromatic carbocycles. The van der Waals surface area contributed by atoms with Gasteiger partial charge in [0.1, 0.15) is 12.4 Å². The molecule has 1 aliphatic rings. The fourth-order valence-electron chi connectivity index (χ4n) is 2.90. The second kappa shape index (κ2) is 7.45. The molecule has 0 aromatic heterocycles. The van der Waals surface area contributed by atoms with Crippen LogP contribution in [0.25, 0.3) is 0 Å². The second-order valence-corrected chi connectivity index (χ2v) is 7.61. The van der Waals surface area contributed by atoms with Gasteiger partial charge in [0.15, 0.2) is 11.5 Å². The number of rotatable bonds is 6. The van der Waals surface area contributed by atoms with Crippen molar-refractivity contribution in [2.75, 3.05) is 14.2 Å². The number of hydrogen-bond acceptors (Lipinski definition) is 5. The van der Waals surface area contributed by atoms with Crippen molar-refractivity contribution >= 4 is 12.6 Å². The summed E-state index contributed by atoms with van der Waals surface area (Å²) in [6.07, 6.45) is 0. The summed E-state index contributed by atoms with van der Waals surface area (Å²) in [6, 6.07) is 13.7. The van der Waals surface area contributed by atoms with Gasteiger partial charge in [0.05, 0.1) is 25.4 Å². The zero-order valence-electron chi connectivity index (χ0n) is 16.9. The molecular formula is C21H27BO5. The molecule has 5 nitrogen and oxygen atoms in total. The summed E-state index contributed by atoms with van der Waals surface area (Å²) in [4.78, 5) is 0. The molecule has 0 aliphatic carbocycles. The molecular weight excluding hydrogens is 343 g/mol. The third-order valence-corrected chi connectivity index (χ3v) is 5.26. The topological polar surface area (TPSA) is 46.2 Å². The molecule has 1 saturated heterocycles. The molecule has 1 aliphatic heterocycles. The molecule has 6 heteroatoms. The fourth-order valence-corrected chi connectivity index (χ4v) is 2.90. The summed E-state index contributed by atoms with van der Waals surface area (Å²) < 4.78 is 29.4. The Balaban J connectivity index is 1.88. The molecule has 0 spiro atoms. The highest BCUT2D eigenvalue weighted by Gasteiger charge is 2.52. The molecule has 0 unspecified atom stereocenters. The third kappa shape index (κ3) is 3.92. The van der Waals surface area contributed by atoms with E-state index >= 15 is 0 Å². The predicted molar refractivity (Wildman–Crippen MR) is 106 cm³/mol. The van der Waals surface area contributed by atoms with Crippen LogP contribution in [0.5, 0.6) is 17.2 Å². The first-order chi connectivity index (χ1) is 12.8. The highest BCUT2D eigenvalue weighted by molar-refractivity contribution is 6.63. The Kier molecular flexibility index (Phi) is 5.40. The Bertz CT molecular complexity index is 773. The molecule has 1 fully saturated rings. The molecule has 0 radical (unpaired) electrons. The van der Waals surface area contributed by atoms with Crippen molar-refractivity contribution in [2.45, 2.75) is 45.5 Å². The fraction of sp³-hybridized carbons (Fsp3) is 0.429. The molecule has 0 amide bonds. The quantitative estimate of drug-likeness (QED) is 0.728. The summed E-state index contributed by atoms with van der Waals surface area (Å²) in [7, 11) is 2.70. The van der Waals surface area contributed by atoms with Crippen LogP contribution >= 0.6 is 0 Å². The lowest BCUT2D eigenvalue weighted by atomic mass is 9.78. The maximum Gasteiger partial charge on any atom is 0.498 e. The number of methoxy groups -OCH3 is 2. The smallest absolute Gasteiger partial charge is 0.497 e. The minimum Gasteiger partial charge on any atom is -0.497 e. The number of hydrogen-bond donors (Lipinski definition) is 0. The Hall–Kier alpha value is -2.18. The highest BCUT2D eigenvalue weighted by atomic mass is 16.7. The van der Waals surface area contributed by atoms with E-state index in [-0.39, 0.29) is 0 Å². The first-order valence-electron chi connectivity index (χ1n) is 9.05. The molecule has 144 valence electrons. The lowest BCUT2D eigenvalue weighted by Gasteiger charge is -2.32. The van der Waals surface area contributed by atoms with Gasteiger partial charge < -0.3 is 23.5 Å². The van der Waals surface area contributed by atoms with E-state index < -0.39 is 18.3 Å². The zero-order valence-corrected chi connectivity index (χ0v) is 16.9. The summed E-state index contributed by atoms with van der Waals surface area (Å²) >= 11 is 0. The third-order valence-electron chi connectivity index (χ3n) is 5.26. The molecule has 1 heterocycles. The second-order valence-electron chi connectivity index (χ2n) is 7.61. The lowest BCUT2D eigenvalue weighted by Crippen LogP contribution is -2.41. The predicted octanol–water partition coefficient (Wildman–Crippen LogP) is 3.58. The minimum absolute atomic E-state index is 0.432. The molecule has 2 aromatic rings. The highest BCUT2D eigenvalue weighted by Crippen LogP contribution is 2.39. The summed E-state index contributed by atoms with van der Waals surface area (Å²) in [6.45, 7) is 8.53. The average Bonchev–Trinajstić information content (AvgIpc) is 2.87. The van der Waals surface area contributed by atoms with Gasteiger partial charge in [-0.3, -0.25) is 0 Å². The number of benzene rings is 2. The van der Waals surface area contributed by atoms with Crippen LogP contribution in [-0.2, 0) is 15.9 Å². The van der Waals surface area contributed by atoms with Crippen molar-refractivity contribution in [1.29, 1.82) is 0 Å². The van der Waals surface area contributed by atoms with Crippen LogP contribution in [-0.4, -0.2) is 32.5 Å². The van der Waals surface area contributed by atoms with Crippen molar-refractivity contribution < 1.29 is 23.5 Å². The first kappa shape index (κ1) is 19.6. The van der Waals surface area contributed by atoms with Crippen molar-refractivity contribution in [2.24, 2.45) is 0 Å². The minimum atomic E-state index is -0.540. The van der Waals surface area contributed by atoms with Crippen LogP contribution in [0.15, 0.2) is 42.5 Å². The average molecular weight is 370 g/mol. The van der Waals surface area contributed by atoms with Crippen LogP contribution in [0.3, 0.4) is 0 Å². The molecule has 0 atom stereocenters. The van der Waals surface area contributed by atoms with Gasteiger partial charge in [-0.15, -0.1) is 0 Å². The summed E-state index contributed by atoms with van der Waals surface area (Å²) in [5.74, 6) is 1.85. The van der Waals surface area contributed by atoms with Gasteiger partial charge in [-0.1, -0.05) is 30.3 Å². The normalized spacial score (nSPS) is 17.6. The maximum absolute atomic E-state index is 6.16. The van der Waals surface area contributed by atoms with Crippen molar-refractivity contribution in [3.63, 3.8) is 0 Å². The number of ether oxygens (including phenoxy) is 3. The van der Waals surface area contributed by atoms with Crippen molar-refractivity contribution in [1.82, 2.24) is 0 Å². The largest absolute Gasteiger partial charge is 0.498 e. The molecule has 0 N–H and O–H groups in total. The van der Waals surface area contributed by atoms with Gasteiger partial charge >= 0.3 is 7.12 Å². The van der Waals surface area contributed by atoms with Crippen LogP contribution < -0.4 is 19.7 Å². The Labute approximate surface area is 161 Å². The first-order valence-corrected chi connectivity index (χ1v) is 9.05. The van der Waals surface area contributed by atoms with Crippen LogP contribution in [0, 0.1) is 0 Å². The molecule has 0 bridgehead atoms. The van der Waals surface area contributed by atoms with E-state index in [0.717, 1.165) is 11.0 Å². The Morgan fingerprint density at radius 1 is 0.815 bits per heavy atom. The molecule has 27 heavy (non-hydrogen) atoms. The lowest BCUT2D eigenvalue weighted by molar-refractivity contribution is 0.00578. The summed E-state index contributed by atoms with van der Waals surface area (Å²) in [5.41, 5.74) is 0.991. The van der Waals surface area contributed by atoms with Gasteiger partial charge in [0.25, 0.3) is 0 Å². The molecule has 0 saturated carbocycles. The van der Waals surface area contributed by atoms with Crippen LogP contribution in [0.1, 0.15) is 33.3 Å². The van der Waals surface area contributed by atoms with E-state index in [1.807, 2.05) is 70.2 Å². The Morgan fingerprint density at radius 3 is 1.96 bits per heavy atom. The van der Waals surface area contributed by atoms with E-state index in [2.05, 4.69) is 0 Å². The van der Waals surface area contributed by atoms with Crippen LogP contribution in [0.2, 0.25) is 0 Å². The van der Waals surface area contributed by atoms with Gasteiger partial charge in [-0.25, -0.2) is 0 Å². The van der Waals surface area contributed by atoms with Crippen molar-refractivity contribution in [3.05, 3.63) is 48.0 Å². The van der Waals surface area contributed by atoms with Gasteiger partial charge in [0.2, 0.25) is 0 Å². The van der Waals surface area contributed by atoms with Gasteiger partial charge in [-0.2, -0.15) is 0 Å². The SMILES string of the molecule is COc1cc(B2OC(C)(C)C(C)(C)O2)c(OC)cc1OCc1ccccc1. The standard InChI is InChI=1S/C21H27BO5/c1-20(2)21(3,4)27-22(26-20)16-12-18(24-6)19(13-17(16)23-5)25-14-15-10-8-7-9-11-15/h7-13H,14H2,1-6H3. The van der Waals surface area contributed by atoms with E-state index in [0.29, 0.717) is 23.9 Å². The maximum atomic E-state index is 6.16. The van der Waals surface area contributed by atoms with E-state index in [9.17, 15) is 0 Å².